The van der Waals surface area contributed by atoms with Crippen LogP contribution in [0.3, 0.4) is 0 Å². The van der Waals surface area contributed by atoms with Crippen LogP contribution >= 0.6 is 0 Å². The summed E-state index contributed by atoms with van der Waals surface area (Å²) in [6, 6.07) is 7.03. The average molecular weight is 407 g/mol. The number of urea groups is 1. The van der Waals surface area contributed by atoms with Crippen molar-refractivity contribution in [1.82, 2.24) is 10.2 Å². The molecule has 1 aromatic rings. The molecule has 1 aromatic carbocycles. The molecule has 2 rings (SSSR count). The number of anilines is 1. The van der Waals surface area contributed by atoms with Gasteiger partial charge in [-0.15, -0.1) is 0 Å². The second kappa shape index (κ2) is 9.06. The minimum Gasteiger partial charge on any atom is -0.342 e. The number of carbonyl (C=O) groups is 2. The number of hydrogen-bond acceptors (Lipinski definition) is 5. The minimum absolute atomic E-state index is 0.0210. The van der Waals surface area contributed by atoms with E-state index in [0.717, 1.165) is 0 Å². The van der Waals surface area contributed by atoms with Gasteiger partial charge in [0, 0.05) is 30.7 Å². The van der Waals surface area contributed by atoms with Crippen LogP contribution in [0, 0.1) is 17.2 Å². The van der Waals surface area contributed by atoms with Crippen LogP contribution in [0.1, 0.15) is 33.6 Å². The van der Waals surface area contributed by atoms with Crippen molar-refractivity contribution in [1.29, 1.82) is 5.26 Å². The molecular formula is C19H26N4O4S. The molecule has 0 aromatic heterocycles. The summed E-state index contributed by atoms with van der Waals surface area (Å²) in [5.41, 5.74) is 0.452. The molecule has 0 saturated carbocycles. The number of benzene rings is 1. The van der Waals surface area contributed by atoms with E-state index in [0.29, 0.717) is 31.6 Å². The third-order valence-electron chi connectivity index (χ3n) is 4.72. The van der Waals surface area contributed by atoms with Crippen molar-refractivity contribution in [2.45, 2.75) is 49.8 Å². The Labute approximate surface area is 165 Å². The highest BCUT2D eigenvalue weighted by atomic mass is 32.2. The third kappa shape index (κ3) is 5.23. The molecule has 152 valence electrons. The molecule has 1 saturated heterocycles. The number of sulfone groups is 1. The van der Waals surface area contributed by atoms with Gasteiger partial charge in [0.05, 0.1) is 11.0 Å². The molecule has 8 nitrogen and oxygen atoms in total. The van der Waals surface area contributed by atoms with Crippen molar-refractivity contribution in [2.24, 2.45) is 5.92 Å². The Bertz CT molecular complexity index is 851. The van der Waals surface area contributed by atoms with Crippen molar-refractivity contribution >= 4 is 27.5 Å². The van der Waals surface area contributed by atoms with Crippen LogP contribution in [-0.2, 0) is 14.6 Å². The fourth-order valence-electron chi connectivity index (χ4n) is 2.96. The molecule has 1 heterocycles. The molecule has 0 bridgehead atoms. The molecular weight excluding hydrogens is 380 g/mol. The summed E-state index contributed by atoms with van der Waals surface area (Å²) in [6.45, 7) is 6.31. The van der Waals surface area contributed by atoms with E-state index in [1.54, 1.807) is 6.07 Å². The summed E-state index contributed by atoms with van der Waals surface area (Å²) in [6.07, 6.45) is 1.38. The number of nitrogens with zero attached hydrogens (tertiary/aromatic N) is 2. The van der Waals surface area contributed by atoms with Gasteiger partial charge in [0.1, 0.15) is 5.25 Å². The summed E-state index contributed by atoms with van der Waals surface area (Å²) >= 11 is 0. The van der Waals surface area contributed by atoms with Crippen LogP contribution in [0.15, 0.2) is 29.2 Å². The number of nitriles is 1. The average Bonchev–Trinajstić information content (AvgIpc) is 2.67. The molecule has 3 amide bonds. The lowest BCUT2D eigenvalue weighted by atomic mass is 10.0. The second-order valence-electron chi connectivity index (χ2n) is 7.19. The van der Waals surface area contributed by atoms with Gasteiger partial charge < -0.3 is 15.5 Å². The lowest BCUT2D eigenvalue weighted by Gasteiger charge is -2.33. The van der Waals surface area contributed by atoms with Crippen molar-refractivity contribution in [2.75, 3.05) is 18.4 Å². The molecule has 28 heavy (non-hydrogen) atoms. The van der Waals surface area contributed by atoms with Crippen molar-refractivity contribution in [3.8, 4) is 6.07 Å². The highest BCUT2D eigenvalue weighted by molar-refractivity contribution is 7.92. The van der Waals surface area contributed by atoms with Gasteiger partial charge in [-0.2, -0.15) is 5.26 Å². The molecule has 1 aliphatic rings. The minimum atomic E-state index is -3.70. The highest BCUT2D eigenvalue weighted by Crippen LogP contribution is 2.19. The maximum Gasteiger partial charge on any atom is 0.319 e. The van der Waals surface area contributed by atoms with Crippen LogP contribution < -0.4 is 10.6 Å². The lowest BCUT2D eigenvalue weighted by molar-refractivity contribution is -0.135. The Morgan fingerprint density at radius 2 is 1.71 bits per heavy atom. The molecule has 0 aliphatic carbocycles. The first-order chi connectivity index (χ1) is 13.1. The molecule has 1 atom stereocenters. The van der Waals surface area contributed by atoms with E-state index < -0.39 is 15.1 Å². The van der Waals surface area contributed by atoms with Crippen LogP contribution in [0.25, 0.3) is 0 Å². The summed E-state index contributed by atoms with van der Waals surface area (Å²) in [4.78, 5) is 26.0. The number of nitrogens with one attached hydrogen (secondary N) is 2. The van der Waals surface area contributed by atoms with E-state index in [-0.39, 0.29) is 28.8 Å². The number of carbonyl (C=O) groups excluding carboxylic acids is 2. The van der Waals surface area contributed by atoms with Gasteiger partial charge >= 0.3 is 6.03 Å². The van der Waals surface area contributed by atoms with Gasteiger partial charge in [0.15, 0.2) is 9.84 Å². The number of hydrogen-bond donors (Lipinski definition) is 2. The fourth-order valence-corrected chi connectivity index (χ4v) is 4.03. The molecule has 0 radical (unpaired) electrons. The summed E-state index contributed by atoms with van der Waals surface area (Å²) < 4.78 is 24.3. The molecule has 1 unspecified atom stereocenters. The number of piperidine rings is 1. The topological polar surface area (TPSA) is 119 Å². The summed E-state index contributed by atoms with van der Waals surface area (Å²) in [7, 11) is -3.70. The zero-order valence-electron chi connectivity index (χ0n) is 16.3. The van der Waals surface area contributed by atoms with Crippen LogP contribution in [-0.4, -0.2) is 49.6 Å². The van der Waals surface area contributed by atoms with E-state index in [1.165, 1.54) is 31.2 Å². The first-order valence-electron chi connectivity index (χ1n) is 9.25. The van der Waals surface area contributed by atoms with Crippen molar-refractivity contribution in [3.05, 3.63) is 24.3 Å². The largest absolute Gasteiger partial charge is 0.342 e. The second-order valence-corrected chi connectivity index (χ2v) is 9.46. The molecule has 2 N–H and O–H groups in total. The quantitative estimate of drug-likeness (QED) is 0.776. The monoisotopic (exact) mass is 406 g/mol. The predicted molar refractivity (Wildman–Crippen MR) is 105 cm³/mol. The van der Waals surface area contributed by atoms with Crippen LogP contribution in [0.4, 0.5) is 10.5 Å². The Kier molecular flexibility index (Phi) is 7.02. The predicted octanol–water partition coefficient (Wildman–Crippen LogP) is 2.14. The first-order valence-corrected chi connectivity index (χ1v) is 10.8. The van der Waals surface area contributed by atoms with E-state index in [2.05, 4.69) is 10.6 Å². The van der Waals surface area contributed by atoms with Gasteiger partial charge in [-0.1, -0.05) is 13.8 Å². The first kappa shape index (κ1) is 21.7. The normalized spacial score (nSPS) is 16.3. The van der Waals surface area contributed by atoms with Gasteiger partial charge in [-0.05, 0) is 44.0 Å². The van der Waals surface area contributed by atoms with E-state index in [1.807, 2.05) is 18.7 Å². The summed E-state index contributed by atoms with van der Waals surface area (Å²) in [5, 5.41) is 13.2. The Morgan fingerprint density at radius 1 is 1.14 bits per heavy atom. The SMILES string of the molecule is CC(C)C(=O)N1CCC(NC(=O)Nc2ccc(S(=O)(=O)C(C)C#N)cc2)CC1. The Morgan fingerprint density at radius 3 is 2.21 bits per heavy atom. The van der Waals surface area contributed by atoms with Crippen LogP contribution in [0.5, 0.6) is 0 Å². The Balaban J connectivity index is 1.87. The lowest BCUT2D eigenvalue weighted by Crippen LogP contribution is -2.48. The Hall–Kier alpha value is -2.60. The van der Waals surface area contributed by atoms with E-state index in [9.17, 15) is 18.0 Å². The number of amides is 3. The van der Waals surface area contributed by atoms with Gasteiger partial charge in [0.25, 0.3) is 0 Å². The number of likely N-dealkylation sites (tertiary alicyclic amines) is 1. The van der Waals surface area contributed by atoms with Gasteiger partial charge in [-0.25, -0.2) is 13.2 Å². The zero-order chi connectivity index (χ0) is 20.9. The van der Waals surface area contributed by atoms with Gasteiger partial charge in [-0.3, -0.25) is 4.79 Å². The van der Waals surface area contributed by atoms with E-state index in [4.69, 9.17) is 5.26 Å². The standard InChI is InChI=1S/C19H26N4O4S/c1-13(2)18(24)23-10-8-16(9-11-23)22-19(25)21-15-4-6-17(7-5-15)28(26,27)14(3)12-20/h4-7,13-14,16H,8-11H2,1-3H3,(H2,21,22,25). The fraction of sp³-hybridized carbons (Fsp3) is 0.526. The van der Waals surface area contributed by atoms with Crippen LogP contribution in [0.2, 0.25) is 0 Å². The van der Waals surface area contributed by atoms with Crippen molar-refractivity contribution in [3.63, 3.8) is 0 Å². The maximum atomic E-state index is 12.2. The maximum absolute atomic E-state index is 12.2. The smallest absolute Gasteiger partial charge is 0.319 e. The van der Waals surface area contributed by atoms with Gasteiger partial charge in [0.2, 0.25) is 5.91 Å². The van der Waals surface area contributed by atoms with Crippen molar-refractivity contribution < 1.29 is 18.0 Å². The highest BCUT2D eigenvalue weighted by Gasteiger charge is 2.25. The summed E-state index contributed by atoms with van der Waals surface area (Å²) in [5.74, 6) is 0.0967. The molecule has 1 fully saturated rings. The zero-order valence-corrected chi connectivity index (χ0v) is 17.1. The molecule has 9 heteroatoms. The van der Waals surface area contributed by atoms with E-state index >= 15 is 0 Å². The third-order valence-corrected chi connectivity index (χ3v) is 6.69. The number of rotatable bonds is 5. The molecule has 0 spiro atoms. The molecule has 1 aliphatic heterocycles.